The van der Waals surface area contributed by atoms with Gasteiger partial charge in [-0.1, -0.05) is 12.1 Å². The Labute approximate surface area is 174 Å². The van der Waals surface area contributed by atoms with Crippen molar-refractivity contribution in [2.45, 2.75) is 50.7 Å². The second-order valence-electron chi connectivity index (χ2n) is 7.55. The van der Waals surface area contributed by atoms with E-state index in [9.17, 15) is 18.0 Å². The van der Waals surface area contributed by atoms with Crippen LogP contribution in [0.1, 0.15) is 43.0 Å². The first-order valence-corrected chi connectivity index (χ1v) is 10.3. The van der Waals surface area contributed by atoms with Crippen molar-refractivity contribution in [3.05, 3.63) is 29.8 Å². The molecule has 1 amide bonds. The van der Waals surface area contributed by atoms with Crippen LogP contribution >= 0.6 is 0 Å². The van der Waals surface area contributed by atoms with Gasteiger partial charge in [0.1, 0.15) is 5.75 Å². The molecule has 2 heterocycles. The van der Waals surface area contributed by atoms with Crippen LogP contribution in [0.4, 0.5) is 13.2 Å². The lowest BCUT2D eigenvalue weighted by molar-refractivity contribution is -0.274. The number of rotatable bonds is 7. The van der Waals surface area contributed by atoms with Gasteiger partial charge in [-0.2, -0.15) is 0 Å². The fourth-order valence-electron chi connectivity index (χ4n) is 4.04. The summed E-state index contributed by atoms with van der Waals surface area (Å²) in [5, 5.41) is 0. The quantitative estimate of drug-likeness (QED) is 0.615. The first-order chi connectivity index (χ1) is 14.3. The molecule has 2 aliphatic heterocycles. The van der Waals surface area contributed by atoms with E-state index in [0.29, 0.717) is 52.4 Å². The Hall–Kier alpha value is -1.84. The molecule has 2 aliphatic rings. The minimum atomic E-state index is -4.85. The predicted octanol–water partition coefficient (Wildman–Crippen LogP) is 3.79. The number of nitrogens with zero attached hydrogens (tertiary/aromatic N) is 1. The zero-order chi connectivity index (χ0) is 21.6. The third-order valence-electron chi connectivity index (χ3n) is 5.54. The summed E-state index contributed by atoms with van der Waals surface area (Å²) in [6.07, 6.45) is -1.97. The number of piperidine rings is 1. The molecule has 0 N–H and O–H groups in total. The molecule has 1 aromatic rings. The highest BCUT2D eigenvalue weighted by atomic mass is 19.4. The van der Waals surface area contributed by atoms with Crippen LogP contribution in [0.5, 0.6) is 5.75 Å². The smallest absolute Gasteiger partial charge is 0.405 e. The first-order valence-electron chi connectivity index (χ1n) is 10.3. The van der Waals surface area contributed by atoms with Crippen molar-refractivity contribution >= 4 is 5.91 Å². The van der Waals surface area contributed by atoms with Gasteiger partial charge in [-0.25, -0.2) is 0 Å². The largest absolute Gasteiger partial charge is 0.573 e. The molecule has 0 aliphatic carbocycles. The lowest BCUT2D eigenvalue weighted by Crippen LogP contribution is -2.52. The van der Waals surface area contributed by atoms with Crippen LogP contribution in [0.15, 0.2) is 24.3 Å². The fourth-order valence-corrected chi connectivity index (χ4v) is 4.04. The summed E-state index contributed by atoms with van der Waals surface area (Å²) in [6, 6.07) is 5.44. The van der Waals surface area contributed by atoms with Crippen molar-refractivity contribution in [1.29, 1.82) is 0 Å². The Morgan fingerprint density at radius 2 is 1.97 bits per heavy atom. The number of carbonyl (C=O) groups excluding carboxylic acids is 1. The number of likely N-dealkylation sites (tertiary alicyclic amines) is 1. The van der Waals surface area contributed by atoms with Gasteiger partial charge >= 0.3 is 6.36 Å². The fraction of sp³-hybridized carbons (Fsp3) is 0.667. The summed E-state index contributed by atoms with van der Waals surface area (Å²) in [5.74, 6) is -0.947. The van der Waals surface area contributed by atoms with E-state index in [1.807, 2.05) is 6.92 Å². The van der Waals surface area contributed by atoms with Gasteiger partial charge in [-0.05, 0) is 38.3 Å². The standard InChI is InChI=1S/C21H28F3NO5/c1-2-27-13-14-28-16-7-12-29-20(15-16)8-10-25(11-9-20)19(26)17-5-3-4-6-18(17)30-21(22,23)24/h3-6,16H,2,7-15H2,1H3. The summed E-state index contributed by atoms with van der Waals surface area (Å²) >= 11 is 0. The van der Waals surface area contributed by atoms with E-state index in [1.165, 1.54) is 18.2 Å². The Kier molecular flexibility index (Phi) is 7.60. The van der Waals surface area contributed by atoms with Crippen molar-refractivity contribution in [3.63, 3.8) is 0 Å². The van der Waals surface area contributed by atoms with Crippen molar-refractivity contribution in [3.8, 4) is 5.75 Å². The summed E-state index contributed by atoms with van der Waals surface area (Å²) in [6.45, 7) is 5.09. The summed E-state index contributed by atoms with van der Waals surface area (Å²) < 4.78 is 59.3. The minimum Gasteiger partial charge on any atom is -0.405 e. The minimum absolute atomic E-state index is 0.0855. The van der Waals surface area contributed by atoms with E-state index < -0.39 is 18.0 Å². The number of benzene rings is 1. The normalized spacial score (nSPS) is 21.6. The third kappa shape index (κ3) is 6.09. The Balaban J connectivity index is 1.57. The molecule has 1 atom stereocenters. The van der Waals surface area contributed by atoms with Gasteiger partial charge in [0, 0.05) is 32.7 Å². The molecule has 2 saturated heterocycles. The molecular formula is C21H28F3NO5. The molecule has 0 radical (unpaired) electrons. The average Bonchev–Trinajstić information content (AvgIpc) is 2.71. The molecule has 3 rings (SSSR count). The maximum atomic E-state index is 12.8. The molecule has 0 saturated carbocycles. The van der Waals surface area contributed by atoms with Crippen molar-refractivity contribution in [2.75, 3.05) is 39.5 Å². The van der Waals surface area contributed by atoms with E-state index in [4.69, 9.17) is 14.2 Å². The molecule has 2 fully saturated rings. The third-order valence-corrected chi connectivity index (χ3v) is 5.54. The highest BCUT2D eigenvalue weighted by molar-refractivity contribution is 5.97. The van der Waals surface area contributed by atoms with Gasteiger partial charge in [0.2, 0.25) is 0 Å². The van der Waals surface area contributed by atoms with Gasteiger partial charge in [0.25, 0.3) is 5.91 Å². The maximum absolute atomic E-state index is 12.8. The number of halogens is 3. The molecule has 1 aromatic carbocycles. The summed E-state index contributed by atoms with van der Waals surface area (Å²) in [5.41, 5.74) is -0.444. The summed E-state index contributed by atoms with van der Waals surface area (Å²) in [7, 11) is 0. The van der Waals surface area contributed by atoms with Crippen LogP contribution in [0.3, 0.4) is 0 Å². The van der Waals surface area contributed by atoms with E-state index >= 15 is 0 Å². The van der Waals surface area contributed by atoms with Crippen molar-refractivity contribution < 1.29 is 36.9 Å². The monoisotopic (exact) mass is 431 g/mol. The molecule has 30 heavy (non-hydrogen) atoms. The number of ether oxygens (including phenoxy) is 4. The molecule has 0 aromatic heterocycles. The first kappa shape index (κ1) is 22.8. The van der Waals surface area contributed by atoms with E-state index in [1.54, 1.807) is 4.90 Å². The number of hydrogen-bond donors (Lipinski definition) is 0. The second-order valence-corrected chi connectivity index (χ2v) is 7.55. The topological polar surface area (TPSA) is 57.2 Å². The van der Waals surface area contributed by atoms with Crippen molar-refractivity contribution in [1.82, 2.24) is 4.90 Å². The van der Waals surface area contributed by atoms with Gasteiger partial charge < -0.3 is 23.8 Å². The molecule has 9 heteroatoms. The molecular weight excluding hydrogens is 403 g/mol. The van der Waals surface area contributed by atoms with E-state index in [2.05, 4.69) is 4.74 Å². The lowest BCUT2D eigenvalue weighted by Gasteiger charge is -2.46. The predicted molar refractivity (Wildman–Crippen MR) is 102 cm³/mol. The molecule has 168 valence electrons. The number of amides is 1. The number of hydrogen-bond acceptors (Lipinski definition) is 5. The van der Waals surface area contributed by atoms with Crippen LogP contribution in [0.25, 0.3) is 0 Å². The molecule has 6 nitrogen and oxygen atoms in total. The van der Waals surface area contributed by atoms with Gasteiger partial charge in [0.05, 0.1) is 30.5 Å². The molecule has 1 unspecified atom stereocenters. The van der Waals surface area contributed by atoms with Crippen LogP contribution in [0, 0.1) is 0 Å². The Morgan fingerprint density at radius 3 is 2.67 bits per heavy atom. The van der Waals surface area contributed by atoms with Crippen LogP contribution in [-0.4, -0.2) is 68.4 Å². The lowest BCUT2D eigenvalue weighted by atomic mass is 9.83. The van der Waals surface area contributed by atoms with E-state index in [0.717, 1.165) is 18.9 Å². The highest BCUT2D eigenvalue weighted by Gasteiger charge is 2.42. The Morgan fingerprint density at radius 1 is 1.23 bits per heavy atom. The highest BCUT2D eigenvalue weighted by Crippen LogP contribution is 2.37. The second kappa shape index (κ2) is 9.98. The zero-order valence-electron chi connectivity index (χ0n) is 17.1. The summed E-state index contributed by atoms with van der Waals surface area (Å²) in [4.78, 5) is 14.4. The van der Waals surface area contributed by atoms with Crippen LogP contribution in [0.2, 0.25) is 0 Å². The molecule has 1 spiro atoms. The van der Waals surface area contributed by atoms with Gasteiger partial charge in [0.15, 0.2) is 0 Å². The van der Waals surface area contributed by atoms with E-state index in [-0.39, 0.29) is 17.3 Å². The van der Waals surface area contributed by atoms with Crippen molar-refractivity contribution in [2.24, 2.45) is 0 Å². The number of alkyl halides is 3. The Bertz CT molecular complexity index is 704. The average molecular weight is 431 g/mol. The SMILES string of the molecule is CCOCCOC1CCOC2(CCN(C(=O)c3ccccc3OC(F)(F)F)CC2)C1. The zero-order valence-corrected chi connectivity index (χ0v) is 17.1. The maximum Gasteiger partial charge on any atom is 0.573 e. The van der Waals surface area contributed by atoms with Crippen LogP contribution in [-0.2, 0) is 14.2 Å². The molecule has 0 bridgehead atoms. The van der Waals surface area contributed by atoms with Gasteiger partial charge in [-0.3, -0.25) is 4.79 Å². The number of carbonyl (C=O) groups is 1. The van der Waals surface area contributed by atoms with Gasteiger partial charge in [-0.15, -0.1) is 13.2 Å². The number of para-hydroxylation sites is 1. The van der Waals surface area contributed by atoms with Crippen LogP contribution < -0.4 is 4.74 Å².